The molecule has 0 saturated carbocycles. The molecule has 1 aliphatic rings. The van der Waals surface area contributed by atoms with E-state index < -0.39 is 54.5 Å². The fourth-order valence-corrected chi connectivity index (χ4v) is 6.27. The van der Waals surface area contributed by atoms with Crippen LogP contribution in [-0.4, -0.2) is 65.3 Å². The van der Waals surface area contributed by atoms with Crippen molar-refractivity contribution in [2.24, 2.45) is 0 Å². The number of carbonyl (C=O) groups is 5. The van der Waals surface area contributed by atoms with E-state index in [2.05, 4.69) is 0 Å². The van der Waals surface area contributed by atoms with Crippen LogP contribution in [0.4, 0.5) is 0 Å². The molecule has 224 valence electrons. The summed E-state index contributed by atoms with van der Waals surface area (Å²) in [5, 5.41) is 1.55. The van der Waals surface area contributed by atoms with Crippen molar-refractivity contribution < 1.29 is 47.7 Å². The zero-order chi connectivity index (χ0) is 30.8. The Labute approximate surface area is 250 Å². The molecule has 5 rings (SSSR count). The highest BCUT2D eigenvalue weighted by molar-refractivity contribution is 7.21. The van der Waals surface area contributed by atoms with Crippen molar-refractivity contribution in [3.05, 3.63) is 71.2 Å². The Balaban J connectivity index is 1.64. The van der Waals surface area contributed by atoms with E-state index in [4.69, 9.17) is 23.7 Å². The summed E-state index contributed by atoms with van der Waals surface area (Å²) in [4.78, 5) is 62.8. The Hall–Kier alpha value is -4.55. The first-order valence-corrected chi connectivity index (χ1v) is 14.3. The van der Waals surface area contributed by atoms with Crippen molar-refractivity contribution in [2.45, 2.75) is 58.3 Å². The second-order valence-electron chi connectivity index (χ2n) is 10.0. The van der Waals surface area contributed by atoms with Gasteiger partial charge in [0.1, 0.15) is 12.7 Å². The summed E-state index contributed by atoms with van der Waals surface area (Å²) in [6, 6.07) is 16.6. The van der Waals surface area contributed by atoms with Gasteiger partial charge < -0.3 is 28.3 Å². The molecule has 2 aromatic carbocycles. The van der Waals surface area contributed by atoms with Crippen LogP contribution in [0.25, 0.3) is 21.0 Å². The summed E-state index contributed by atoms with van der Waals surface area (Å²) >= 11 is 1.37. The number of ether oxygens (including phenoxy) is 5. The van der Waals surface area contributed by atoms with Crippen LogP contribution < -0.4 is 0 Å². The topological polar surface area (TPSA) is 136 Å². The normalized spacial score (nSPS) is 21.7. The lowest BCUT2D eigenvalue weighted by Gasteiger charge is -2.44. The Morgan fingerprint density at radius 3 is 2.09 bits per heavy atom. The van der Waals surface area contributed by atoms with E-state index in [1.165, 1.54) is 25.2 Å². The standard InChI is InChI=1S/C31H29NO10S/c1-16(33)38-15-24-28(39-17(2)34)29(40-18(3)35)30(41-19(4)36)31(42-24)32-14-22(21-10-6-7-11-23(21)32)27(37)26-13-20-9-5-8-12-25(20)43-26/h5-14,24,28-31H,15H2,1-4H3/t24-,28-,29+,30-,31?/m1/s1. The number of fused-ring (bicyclic) bond motifs is 2. The molecule has 0 spiro atoms. The molecule has 1 saturated heterocycles. The number of aromatic nitrogens is 1. The van der Waals surface area contributed by atoms with Gasteiger partial charge >= 0.3 is 23.9 Å². The first-order valence-electron chi connectivity index (χ1n) is 13.5. The first-order chi connectivity index (χ1) is 20.5. The van der Waals surface area contributed by atoms with E-state index in [-0.39, 0.29) is 12.4 Å². The third kappa shape index (κ3) is 6.30. The number of hydrogen-bond donors (Lipinski definition) is 0. The number of para-hydroxylation sites is 1. The summed E-state index contributed by atoms with van der Waals surface area (Å²) in [6.45, 7) is 4.34. The highest BCUT2D eigenvalue weighted by Crippen LogP contribution is 2.38. The maximum Gasteiger partial charge on any atom is 0.303 e. The number of thiophene rings is 1. The van der Waals surface area contributed by atoms with E-state index in [9.17, 15) is 24.0 Å². The quantitative estimate of drug-likeness (QED) is 0.162. The average molecular weight is 608 g/mol. The summed E-state index contributed by atoms with van der Waals surface area (Å²) < 4.78 is 30.8. The van der Waals surface area contributed by atoms with Crippen molar-refractivity contribution in [3.63, 3.8) is 0 Å². The lowest BCUT2D eigenvalue weighted by atomic mass is 9.97. The molecule has 12 heteroatoms. The average Bonchev–Trinajstić information content (AvgIpc) is 3.55. The maximum atomic E-state index is 13.9. The van der Waals surface area contributed by atoms with Crippen LogP contribution in [0.2, 0.25) is 0 Å². The minimum absolute atomic E-state index is 0.221. The SMILES string of the molecule is CC(=O)OC[C@H]1OC(n2cc(C(=O)c3cc4ccccc4s3)c3ccccc32)[C@H](OC(C)=O)[C@@H](OC(C)=O)[C@@H]1OC(C)=O. The summed E-state index contributed by atoms with van der Waals surface area (Å²) in [7, 11) is 0. The largest absolute Gasteiger partial charge is 0.463 e. The molecular formula is C31H29NO10S. The molecule has 0 amide bonds. The molecule has 0 bridgehead atoms. The molecule has 43 heavy (non-hydrogen) atoms. The number of benzene rings is 2. The third-order valence-corrected chi connectivity index (χ3v) is 7.99. The summed E-state index contributed by atoms with van der Waals surface area (Å²) in [5.41, 5.74) is 0.933. The maximum absolute atomic E-state index is 13.9. The number of rotatable bonds is 8. The molecule has 0 radical (unpaired) electrons. The van der Waals surface area contributed by atoms with Gasteiger partial charge in [-0.15, -0.1) is 11.3 Å². The van der Waals surface area contributed by atoms with Gasteiger partial charge in [0.25, 0.3) is 0 Å². The van der Waals surface area contributed by atoms with Gasteiger partial charge in [-0.1, -0.05) is 36.4 Å². The number of esters is 4. The predicted octanol–water partition coefficient (Wildman–Crippen LogP) is 4.34. The first kappa shape index (κ1) is 29.9. The molecule has 4 aromatic rings. The minimum atomic E-state index is -1.34. The van der Waals surface area contributed by atoms with Crippen molar-refractivity contribution in [3.8, 4) is 0 Å². The zero-order valence-corrected chi connectivity index (χ0v) is 24.6. The Bertz CT molecular complexity index is 1690. The molecular weight excluding hydrogens is 578 g/mol. The van der Waals surface area contributed by atoms with Crippen molar-refractivity contribution in [2.75, 3.05) is 6.61 Å². The summed E-state index contributed by atoms with van der Waals surface area (Å²) in [6.07, 6.45) is -4.66. The van der Waals surface area contributed by atoms with Gasteiger partial charge in [-0.3, -0.25) is 24.0 Å². The van der Waals surface area contributed by atoms with Gasteiger partial charge in [-0.2, -0.15) is 0 Å². The van der Waals surface area contributed by atoms with E-state index in [1.54, 1.807) is 35.0 Å². The predicted molar refractivity (Wildman–Crippen MR) is 154 cm³/mol. The summed E-state index contributed by atoms with van der Waals surface area (Å²) in [5.74, 6) is -3.00. The highest BCUT2D eigenvalue weighted by Gasteiger charge is 2.53. The lowest BCUT2D eigenvalue weighted by molar-refractivity contribution is -0.267. The van der Waals surface area contributed by atoms with Gasteiger partial charge in [0.2, 0.25) is 5.78 Å². The Morgan fingerprint density at radius 1 is 0.791 bits per heavy atom. The third-order valence-electron chi connectivity index (χ3n) is 6.87. The molecule has 1 aliphatic heterocycles. The van der Waals surface area contributed by atoms with Crippen molar-refractivity contribution in [1.82, 2.24) is 4.57 Å². The smallest absolute Gasteiger partial charge is 0.303 e. The number of ketones is 1. The molecule has 11 nitrogen and oxygen atoms in total. The van der Waals surface area contributed by atoms with Crippen molar-refractivity contribution >= 4 is 62.0 Å². The van der Waals surface area contributed by atoms with E-state index in [1.807, 2.05) is 30.3 Å². The number of nitrogens with zero attached hydrogens (tertiary/aromatic N) is 1. The zero-order valence-electron chi connectivity index (χ0n) is 23.8. The van der Waals surface area contributed by atoms with Crippen LogP contribution in [0.3, 0.4) is 0 Å². The van der Waals surface area contributed by atoms with Crippen LogP contribution >= 0.6 is 11.3 Å². The molecule has 1 unspecified atom stereocenters. The number of hydrogen-bond acceptors (Lipinski definition) is 11. The Kier molecular flexibility index (Phi) is 8.60. The molecule has 5 atom stereocenters. The van der Waals surface area contributed by atoms with Crippen LogP contribution in [-0.2, 0) is 42.9 Å². The fraction of sp³-hybridized carbons (Fsp3) is 0.323. The van der Waals surface area contributed by atoms with E-state index >= 15 is 0 Å². The van der Waals surface area contributed by atoms with E-state index in [0.717, 1.165) is 23.9 Å². The van der Waals surface area contributed by atoms with E-state index in [0.29, 0.717) is 21.3 Å². The molecule has 1 fully saturated rings. The van der Waals surface area contributed by atoms with Crippen LogP contribution in [0.1, 0.15) is 49.2 Å². The molecule has 2 aromatic heterocycles. The second kappa shape index (κ2) is 12.4. The van der Waals surface area contributed by atoms with Gasteiger partial charge in [0, 0.05) is 49.5 Å². The van der Waals surface area contributed by atoms with Crippen molar-refractivity contribution in [1.29, 1.82) is 0 Å². The molecule has 3 heterocycles. The van der Waals surface area contributed by atoms with Crippen LogP contribution in [0.5, 0.6) is 0 Å². The van der Waals surface area contributed by atoms with Crippen LogP contribution in [0.15, 0.2) is 60.8 Å². The lowest BCUT2D eigenvalue weighted by Crippen LogP contribution is -2.60. The minimum Gasteiger partial charge on any atom is -0.463 e. The highest BCUT2D eigenvalue weighted by atomic mass is 32.1. The molecule has 0 N–H and O–H groups in total. The van der Waals surface area contributed by atoms with Gasteiger partial charge in [-0.25, -0.2) is 0 Å². The van der Waals surface area contributed by atoms with Gasteiger partial charge in [0.15, 0.2) is 24.5 Å². The van der Waals surface area contributed by atoms with Gasteiger partial charge in [0.05, 0.1) is 10.4 Å². The van der Waals surface area contributed by atoms with Gasteiger partial charge in [-0.05, 0) is 23.6 Å². The molecule has 0 aliphatic carbocycles. The monoisotopic (exact) mass is 607 g/mol. The van der Waals surface area contributed by atoms with Crippen LogP contribution in [0, 0.1) is 0 Å². The fourth-order valence-electron chi connectivity index (χ4n) is 5.25. The number of carbonyl (C=O) groups excluding carboxylic acids is 5. The second-order valence-corrected chi connectivity index (χ2v) is 11.1. The Morgan fingerprint density at radius 2 is 1.42 bits per heavy atom.